The van der Waals surface area contributed by atoms with E-state index in [1.54, 1.807) is 4.68 Å². The molecule has 11 heavy (non-hydrogen) atoms. The quantitative estimate of drug-likeness (QED) is 0.553. The molecule has 0 fully saturated rings. The van der Waals surface area contributed by atoms with Crippen molar-refractivity contribution in [1.82, 2.24) is 9.78 Å². The molecule has 0 bridgehead atoms. The minimum absolute atomic E-state index is 0.448. The Kier molecular flexibility index (Phi) is 1.44. The molecule has 0 aliphatic carbocycles. The lowest BCUT2D eigenvalue weighted by molar-refractivity contribution is 0.243. The van der Waals surface area contributed by atoms with Gasteiger partial charge in [0.2, 0.25) is 0 Å². The van der Waals surface area contributed by atoms with Gasteiger partial charge in [0.15, 0.2) is 0 Å². The van der Waals surface area contributed by atoms with Crippen molar-refractivity contribution in [3.8, 4) is 0 Å². The van der Waals surface area contributed by atoms with Crippen molar-refractivity contribution in [1.29, 1.82) is 0 Å². The van der Waals surface area contributed by atoms with E-state index in [1.807, 2.05) is 13.1 Å². The molecule has 2 rings (SSSR count). The summed E-state index contributed by atoms with van der Waals surface area (Å²) in [6.45, 7) is 2.47. The van der Waals surface area contributed by atoms with Crippen molar-refractivity contribution in [2.24, 2.45) is 0 Å². The Hall–Kier alpha value is -0.860. The summed E-state index contributed by atoms with van der Waals surface area (Å²) in [6, 6.07) is 0. The van der Waals surface area contributed by atoms with Gasteiger partial charge in [-0.15, -0.1) is 0 Å². The number of halogens is 1. The highest BCUT2D eigenvalue weighted by Gasteiger charge is 2.19. The summed E-state index contributed by atoms with van der Waals surface area (Å²) in [5.74, 6) is 0. The number of hydrogen-bond acceptors (Lipinski definition) is 1. The molecule has 1 aromatic rings. The zero-order valence-electron chi connectivity index (χ0n) is 6.55. The summed E-state index contributed by atoms with van der Waals surface area (Å²) in [7, 11) is 0. The van der Waals surface area contributed by atoms with Crippen LogP contribution in [0.4, 0.5) is 4.39 Å². The Labute approximate surface area is 65.0 Å². The SMILES string of the molecule is Cc1cnn2c1CCC(F)C2. The van der Waals surface area contributed by atoms with Gasteiger partial charge in [0.05, 0.1) is 12.7 Å². The number of rotatable bonds is 0. The summed E-state index contributed by atoms with van der Waals surface area (Å²) in [6.07, 6.45) is 2.62. The number of aromatic nitrogens is 2. The molecule has 1 aliphatic heterocycles. The highest BCUT2D eigenvalue weighted by molar-refractivity contribution is 5.17. The molecular weight excluding hydrogens is 143 g/mol. The van der Waals surface area contributed by atoms with E-state index in [0.717, 1.165) is 6.42 Å². The van der Waals surface area contributed by atoms with Gasteiger partial charge < -0.3 is 0 Å². The summed E-state index contributed by atoms with van der Waals surface area (Å²) in [5.41, 5.74) is 2.40. The molecule has 0 N–H and O–H groups in total. The first-order valence-corrected chi connectivity index (χ1v) is 3.92. The van der Waals surface area contributed by atoms with Gasteiger partial charge in [-0.05, 0) is 25.3 Å². The number of alkyl halides is 1. The summed E-state index contributed by atoms with van der Waals surface area (Å²) in [5, 5.41) is 4.08. The molecular formula is C8H11FN2. The normalized spacial score (nSPS) is 23.3. The lowest BCUT2D eigenvalue weighted by atomic mass is 10.1. The van der Waals surface area contributed by atoms with Crippen LogP contribution in [0.5, 0.6) is 0 Å². The van der Waals surface area contributed by atoms with Crippen LogP contribution in [0.1, 0.15) is 17.7 Å². The predicted molar refractivity (Wildman–Crippen MR) is 40.2 cm³/mol. The molecule has 0 aromatic carbocycles. The van der Waals surface area contributed by atoms with Crippen molar-refractivity contribution in [2.45, 2.75) is 32.5 Å². The molecule has 1 atom stereocenters. The van der Waals surface area contributed by atoms with E-state index in [-0.39, 0.29) is 0 Å². The van der Waals surface area contributed by atoms with E-state index in [4.69, 9.17) is 0 Å². The van der Waals surface area contributed by atoms with Crippen LogP contribution in [0.2, 0.25) is 0 Å². The second-order valence-corrected chi connectivity index (χ2v) is 3.09. The van der Waals surface area contributed by atoms with Crippen molar-refractivity contribution >= 4 is 0 Å². The van der Waals surface area contributed by atoms with E-state index in [9.17, 15) is 4.39 Å². The molecule has 1 aliphatic rings. The van der Waals surface area contributed by atoms with E-state index >= 15 is 0 Å². The molecule has 0 radical (unpaired) electrons. The third kappa shape index (κ3) is 1.04. The van der Waals surface area contributed by atoms with Gasteiger partial charge in [0.25, 0.3) is 0 Å². The Bertz CT molecular complexity index is 267. The molecule has 0 saturated carbocycles. The number of nitrogens with zero attached hydrogens (tertiary/aromatic N) is 2. The maximum Gasteiger partial charge on any atom is 0.120 e. The second-order valence-electron chi connectivity index (χ2n) is 3.09. The maximum absolute atomic E-state index is 12.8. The van der Waals surface area contributed by atoms with Crippen molar-refractivity contribution in [3.63, 3.8) is 0 Å². The Balaban J connectivity index is 2.36. The second kappa shape index (κ2) is 2.32. The smallest absolute Gasteiger partial charge is 0.120 e. The summed E-state index contributed by atoms with van der Waals surface area (Å²) < 4.78 is 14.6. The van der Waals surface area contributed by atoms with Crippen LogP contribution in [0.15, 0.2) is 6.20 Å². The van der Waals surface area contributed by atoms with E-state index in [2.05, 4.69) is 5.10 Å². The van der Waals surface area contributed by atoms with E-state index in [1.165, 1.54) is 11.3 Å². The first-order chi connectivity index (χ1) is 5.27. The van der Waals surface area contributed by atoms with Crippen LogP contribution in [0.25, 0.3) is 0 Å². The fourth-order valence-electron chi connectivity index (χ4n) is 1.56. The molecule has 60 valence electrons. The van der Waals surface area contributed by atoms with Crippen LogP contribution in [-0.4, -0.2) is 16.0 Å². The molecule has 0 spiro atoms. The Morgan fingerprint density at radius 3 is 3.36 bits per heavy atom. The highest BCUT2D eigenvalue weighted by Crippen LogP contribution is 2.18. The average molecular weight is 154 g/mol. The molecule has 0 saturated heterocycles. The zero-order chi connectivity index (χ0) is 7.84. The number of aryl methyl sites for hydroxylation is 1. The van der Waals surface area contributed by atoms with Crippen LogP contribution in [-0.2, 0) is 13.0 Å². The third-order valence-electron chi connectivity index (χ3n) is 2.22. The van der Waals surface area contributed by atoms with Crippen molar-refractivity contribution in [3.05, 3.63) is 17.5 Å². The molecule has 2 nitrogen and oxygen atoms in total. The average Bonchev–Trinajstić information content (AvgIpc) is 2.32. The predicted octanol–water partition coefficient (Wildman–Crippen LogP) is 1.48. The minimum atomic E-state index is -0.693. The van der Waals surface area contributed by atoms with Gasteiger partial charge in [-0.25, -0.2) is 4.39 Å². The molecule has 3 heteroatoms. The minimum Gasteiger partial charge on any atom is -0.266 e. The molecule has 1 unspecified atom stereocenters. The lowest BCUT2D eigenvalue weighted by Crippen LogP contribution is -2.21. The van der Waals surface area contributed by atoms with Gasteiger partial charge in [-0.1, -0.05) is 0 Å². The fraction of sp³-hybridized carbons (Fsp3) is 0.625. The fourth-order valence-corrected chi connectivity index (χ4v) is 1.56. The standard InChI is InChI=1S/C8H11FN2/c1-6-4-10-11-5-7(9)2-3-8(6)11/h4,7H,2-3,5H2,1H3. The lowest BCUT2D eigenvalue weighted by Gasteiger charge is -2.17. The first kappa shape index (κ1) is 6.83. The van der Waals surface area contributed by atoms with Crippen LogP contribution in [0.3, 0.4) is 0 Å². The van der Waals surface area contributed by atoms with Gasteiger partial charge in [-0.3, -0.25) is 4.68 Å². The monoisotopic (exact) mass is 154 g/mol. The van der Waals surface area contributed by atoms with Crippen molar-refractivity contribution < 1.29 is 4.39 Å². The topological polar surface area (TPSA) is 17.8 Å². The van der Waals surface area contributed by atoms with Gasteiger partial charge >= 0.3 is 0 Å². The van der Waals surface area contributed by atoms with Crippen LogP contribution in [0, 0.1) is 6.92 Å². The maximum atomic E-state index is 12.8. The Morgan fingerprint density at radius 1 is 1.73 bits per heavy atom. The first-order valence-electron chi connectivity index (χ1n) is 3.92. The third-order valence-corrected chi connectivity index (χ3v) is 2.22. The van der Waals surface area contributed by atoms with Gasteiger partial charge in [0, 0.05) is 5.69 Å². The van der Waals surface area contributed by atoms with Crippen molar-refractivity contribution in [2.75, 3.05) is 0 Å². The molecule has 1 aromatic heterocycles. The number of hydrogen-bond donors (Lipinski definition) is 0. The van der Waals surface area contributed by atoms with Gasteiger partial charge in [-0.2, -0.15) is 5.10 Å². The number of fused-ring (bicyclic) bond motifs is 1. The van der Waals surface area contributed by atoms with E-state index in [0.29, 0.717) is 13.0 Å². The van der Waals surface area contributed by atoms with Crippen LogP contribution >= 0.6 is 0 Å². The van der Waals surface area contributed by atoms with Crippen LogP contribution < -0.4 is 0 Å². The van der Waals surface area contributed by atoms with E-state index < -0.39 is 6.17 Å². The Morgan fingerprint density at radius 2 is 2.55 bits per heavy atom. The highest BCUT2D eigenvalue weighted by atomic mass is 19.1. The summed E-state index contributed by atoms with van der Waals surface area (Å²) in [4.78, 5) is 0. The van der Waals surface area contributed by atoms with Gasteiger partial charge in [0.1, 0.15) is 6.17 Å². The molecule has 2 heterocycles. The summed E-state index contributed by atoms with van der Waals surface area (Å²) >= 11 is 0. The molecule has 0 amide bonds. The largest absolute Gasteiger partial charge is 0.266 e. The zero-order valence-corrected chi connectivity index (χ0v) is 6.55.